The molecule has 3 atom stereocenters. The zero-order valence-electron chi connectivity index (χ0n) is 22.2. The molecule has 1 aliphatic heterocycles. The number of anilines is 1. The van der Waals surface area contributed by atoms with Gasteiger partial charge in [0.05, 0.1) is 22.3 Å². The fraction of sp³-hybridized carbons (Fsp3) is 0.345. The first-order valence-electron chi connectivity index (χ1n) is 12.6. The van der Waals surface area contributed by atoms with Crippen molar-refractivity contribution < 1.29 is 22.7 Å². The smallest absolute Gasteiger partial charge is 0.261 e. The number of ether oxygens (including phenoxy) is 2. The van der Waals surface area contributed by atoms with Crippen LogP contribution in [0.5, 0.6) is 5.75 Å². The number of hydrogen-bond acceptors (Lipinski definition) is 6. The van der Waals surface area contributed by atoms with Crippen molar-refractivity contribution in [3.63, 3.8) is 0 Å². The maximum absolute atomic E-state index is 13.3. The van der Waals surface area contributed by atoms with E-state index in [2.05, 4.69) is 17.0 Å². The molecule has 1 aliphatic rings. The number of likely N-dealkylation sites (N-methyl/N-ethyl adjacent to an activating group) is 1. The molecule has 0 fully saturated rings. The van der Waals surface area contributed by atoms with E-state index in [4.69, 9.17) is 9.47 Å². The normalized spacial score (nSPS) is 21.0. The first-order valence-corrected chi connectivity index (χ1v) is 14.1. The van der Waals surface area contributed by atoms with Crippen molar-refractivity contribution in [2.24, 2.45) is 5.92 Å². The topological polar surface area (TPSA) is 97.0 Å². The summed E-state index contributed by atoms with van der Waals surface area (Å²) < 4.78 is 40.6. The molecule has 0 radical (unpaired) electrons. The Bertz CT molecular complexity index is 1350. The second-order valence-corrected chi connectivity index (χ2v) is 11.4. The molecule has 1 heterocycles. The largest absolute Gasteiger partial charge is 0.491 e. The lowest BCUT2D eigenvalue weighted by atomic mass is 10.0. The quantitative estimate of drug-likeness (QED) is 0.505. The highest BCUT2D eigenvalue weighted by Crippen LogP contribution is 2.28. The minimum Gasteiger partial charge on any atom is -0.491 e. The molecule has 1 amide bonds. The number of carbonyl (C=O) groups excluding carboxylic acids is 1. The molecular formula is C29H35N3O5S. The van der Waals surface area contributed by atoms with E-state index in [1.807, 2.05) is 37.3 Å². The highest BCUT2D eigenvalue weighted by atomic mass is 32.2. The summed E-state index contributed by atoms with van der Waals surface area (Å²) in [5.74, 6) is 0.286. The number of rotatable bonds is 5. The molecule has 0 unspecified atom stereocenters. The predicted molar refractivity (Wildman–Crippen MR) is 149 cm³/mol. The molecule has 0 saturated heterocycles. The molecule has 202 valence electrons. The molecule has 3 aromatic carbocycles. The number of benzene rings is 3. The molecule has 8 nitrogen and oxygen atoms in total. The maximum atomic E-state index is 13.3. The lowest BCUT2D eigenvalue weighted by Crippen LogP contribution is -2.44. The highest BCUT2D eigenvalue weighted by molar-refractivity contribution is 7.92. The Kier molecular flexibility index (Phi) is 8.71. The third-order valence-corrected chi connectivity index (χ3v) is 8.15. The van der Waals surface area contributed by atoms with E-state index in [-0.39, 0.29) is 28.9 Å². The van der Waals surface area contributed by atoms with Crippen molar-refractivity contribution in [1.82, 2.24) is 10.2 Å². The highest BCUT2D eigenvalue weighted by Gasteiger charge is 2.26. The van der Waals surface area contributed by atoms with Crippen LogP contribution in [-0.2, 0) is 14.8 Å². The zero-order chi connectivity index (χ0) is 27.3. The van der Waals surface area contributed by atoms with Gasteiger partial charge < -0.3 is 19.7 Å². The maximum Gasteiger partial charge on any atom is 0.261 e. The van der Waals surface area contributed by atoms with Crippen molar-refractivity contribution in [2.75, 3.05) is 38.6 Å². The van der Waals surface area contributed by atoms with Gasteiger partial charge in [0.15, 0.2) is 0 Å². The van der Waals surface area contributed by atoms with Crippen LogP contribution < -0.4 is 14.8 Å². The lowest BCUT2D eigenvalue weighted by Gasteiger charge is -2.30. The van der Waals surface area contributed by atoms with Crippen molar-refractivity contribution >= 4 is 21.6 Å². The monoisotopic (exact) mass is 537 g/mol. The van der Waals surface area contributed by atoms with Gasteiger partial charge >= 0.3 is 0 Å². The van der Waals surface area contributed by atoms with Crippen LogP contribution in [0.25, 0.3) is 11.1 Å². The summed E-state index contributed by atoms with van der Waals surface area (Å²) in [6.45, 7) is 5.52. The SMILES string of the molecule is CO[C@H]1CN(C)C(=O)c2ccc(NS(=O)(=O)c3ccc(-c4ccccc4)cc3)cc2OC[C@H](C)NC[C@@H]1C. The van der Waals surface area contributed by atoms with Crippen LogP contribution in [-0.4, -0.2) is 65.2 Å². The number of sulfonamides is 1. The molecule has 38 heavy (non-hydrogen) atoms. The van der Waals surface area contributed by atoms with E-state index >= 15 is 0 Å². The molecule has 0 aromatic heterocycles. The number of nitrogens with one attached hydrogen (secondary N) is 2. The molecule has 3 aromatic rings. The van der Waals surface area contributed by atoms with Gasteiger partial charge in [-0.25, -0.2) is 8.42 Å². The summed E-state index contributed by atoms with van der Waals surface area (Å²) in [5, 5.41) is 3.44. The van der Waals surface area contributed by atoms with Gasteiger partial charge in [0.25, 0.3) is 15.9 Å². The number of nitrogens with zero attached hydrogens (tertiary/aromatic N) is 1. The Labute approximate surface area is 225 Å². The molecule has 2 N–H and O–H groups in total. The Morgan fingerprint density at radius 2 is 1.68 bits per heavy atom. The molecule has 0 aliphatic carbocycles. The molecule has 4 rings (SSSR count). The Morgan fingerprint density at radius 1 is 1.00 bits per heavy atom. The number of hydrogen-bond donors (Lipinski definition) is 2. The van der Waals surface area contributed by atoms with E-state index < -0.39 is 10.0 Å². The minimum absolute atomic E-state index is 0.0125. The first kappa shape index (κ1) is 27.6. The van der Waals surface area contributed by atoms with Crippen LogP contribution in [0, 0.1) is 5.92 Å². The number of carbonyl (C=O) groups is 1. The fourth-order valence-electron chi connectivity index (χ4n) is 4.39. The molecular weight excluding hydrogens is 502 g/mol. The van der Waals surface area contributed by atoms with Crippen molar-refractivity contribution in [1.29, 1.82) is 0 Å². The van der Waals surface area contributed by atoms with Gasteiger partial charge in [0.1, 0.15) is 12.4 Å². The van der Waals surface area contributed by atoms with Crippen molar-refractivity contribution in [2.45, 2.75) is 30.9 Å². The van der Waals surface area contributed by atoms with Crippen LogP contribution in [0.1, 0.15) is 24.2 Å². The van der Waals surface area contributed by atoms with Gasteiger partial charge in [-0.3, -0.25) is 9.52 Å². The summed E-state index contributed by atoms with van der Waals surface area (Å²) >= 11 is 0. The molecule has 0 bridgehead atoms. The second kappa shape index (κ2) is 12.0. The fourth-order valence-corrected chi connectivity index (χ4v) is 5.44. The molecule has 9 heteroatoms. The van der Waals surface area contributed by atoms with Gasteiger partial charge in [-0.2, -0.15) is 0 Å². The van der Waals surface area contributed by atoms with E-state index in [9.17, 15) is 13.2 Å². The van der Waals surface area contributed by atoms with E-state index in [0.29, 0.717) is 36.7 Å². The predicted octanol–water partition coefficient (Wildman–Crippen LogP) is 4.25. The van der Waals surface area contributed by atoms with Gasteiger partial charge in [-0.15, -0.1) is 0 Å². The summed E-state index contributed by atoms with van der Waals surface area (Å²) in [7, 11) is -0.484. The van der Waals surface area contributed by atoms with Crippen molar-refractivity contribution in [3.8, 4) is 16.9 Å². The van der Waals surface area contributed by atoms with Crippen LogP contribution in [0.4, 0.5) is 5.69 Å². The van der Waals surface area contributed by atoms with Crippen LogP contribution in [0.3, 0.4) is 0 Å². The summed E-state index contributed by atoms with van der Waals surface area (Å²) in [6, 6.07) is 21.2. The van der Waals surface area contributed by atoms with E-state index in [1.165, 1.54) is 0 Å². The van der Waals surface area contributed by atoms with Crippen LogP contribution in [0.15, 0.2) is 77.7 Å². The Morgan fingerprint density at radius 3 is 2.37 bits per heavy atom. The lowest BCUT2D eigenvalue weighted by molar-refractivity contribution is 0.0281. The van der Waals surface area contributed by atoms with Crippen molar-refractivity contribution in [3.05, 3.63) is 78.4 Å². The number of methoxy groups -OCH3 is 1. The Balaban J connectivity index is 1.58. The zero-order valence-corrected chi connectivity index (χ0v) is 23.0. The minimum atomic E-state index is -3.86. The molecule has 0 spiro atoms. The average molecular weight is 538 g/mol. The van der Waals surface area contributed by atoms with Crippen LogP contribution in [0.2, 0.25) is 0 Å². The summed E-state index contributed by atoms with van der Waals surface area (Å²) in [6.07, 6.45) is -0.133. The third-order valence-electron chi connectivity index (χ3n) is 6.75. The molecule has 0 saturated carbocycles. The second-order valence-electron chi connectivity index (χ2n) is 9.76. The van der Waals surface area contributed by atoms with Gasteiger partial charge in [-0.05, 0) is 48.2 Å². The van der Waals surface area contributed by atoms with E-state index in [0.717, 1.165) is 11.1 Å². The average Bonchev–Trinajstić information content (AvgIpc) is 2.93. The standard InChI is InChI=1S/C29H35N3O5S/c1-20-17-30-21(2)19-37-27-16-24(12-15-26(27)29(33)32(3)18-28(20)36-4)31-38(34,35)25-13-10-23(11-14-25)22-8-6-5-7-9-22/h5-16,20-21,28,30-31H,17-19H2,1-4H3/t20-,21-,28-/m0/s1. The third kappa shape index (κ3) is 6.53. The summed E-state index contributed by atoms with van der Waals surface area (Å²) in [5.41, 5.74) is 2.60. The van der Waals surface area contributed by atoms with Gasteiger partial charge in [0, 0.05) is 39.4 Å². The number of fused-ring (bicyclic) bond motifs is 1. The van der Waals surface area contributed by atoms with Gasteiger partial charge in [0.2, 0.25) is 0 Å². The first-order chi connectivity index (χ1) is 18.2. The number of amides is 1. The Hall–Kier alpha value is -3.40. The van der Waals surface area contributed by atoms with Gasteiger partial charge in [-0.1, -0.05) is 49.4 Å². The van der Waals surface area contributed by atoms with E-state index in [1.54, 1.807) is 61.5 Å². The van der Waals surface area contributed by atoms with Crippen LogP contribution >= 0.6 is 0 Å². The summed E-state index contributed by atoms with van der Waals surface area (Å²) in [4.78, 5) is 15.1.